The summed E-state index contributed by atoms with van der Waals surface area (Å²) in [5, 5.41) is 12.9. The third-order valence-corrected chi connectivity index (χ3v) is 6.12. The molecule has 1 saturated heterocycles. The molecule has 0 unspecified atom stereocenters. The Morgan fingerprint density at radius 1 is 1.15 bits per heavy atom. The Balaban J connectivity index is 1.62. The van der Waals surface area contributed by atoms with Crippen LogP contribution in [-0.4, -0.2) is 44.3 Å². The maximum Gasteiger partial charge on any atom is 0.161 e. The monoisotopic (exact) mass is 395 g/mol. The van der Waals surface area contributed by atoms with Crippen LogP contribution in [0.4, 0.5) is 4.39 Å². The number of methoxy groups -OCH3 is 1. The number of aliphatic hydroxyl groups is 1. The molecular formula is C19H22FNO5S. The Hall–Kier alpha value is -2.16. The molecule has 0 aliphatic carbocycles. The van der Waals surface area contributed by atoms with Crippen LogP contribution < -0.4 is 14.8 Å². The first kappa shape index (κ1) is 19.6. The summed E-state index contributed by atoms with van der Waals surface area (Å²) in [7, 11) is -1.67. The van der Waals surface area contributed by atoms with Gasteiger partial charge in [-0.05, 0) is 35.4 Å². The Morgan fingerprint density at radius 2 is 1.96 bits per heavy atom. The van der Waals surface area contributed by atoms with Crippen LogP contribution in [0.1, 0.15) is 11.1 Å². The van der Waals surface area contributed by atoms with E-state index in [0.717, 1.165) is 5.56 Å². The molecule has 0 spiro atoms. The summed E-state index contributed by atoms with van der Waals surface area (Å²) in [5.41, 5.74) is 1.57. The van der Waals surface area contributed by atoms with Crippen molar-refractivity contribution < 1.29 is 27.4 Å². The summed E-state index contributed by atoms with van der Waals surface area (Å²) in [6.45, 7) is 0.593. The number of ether oxygens (including phenoxy) is 2. The smallest absolute Gasteiger partial charge is 0.161 e. The van der Waals surface area contributed by atoms with E-state index in [9.17, 15) is 17.9 Å². The van der Waals surface area contributed by atoms with E-state index in [0.29, 0.717) is 23.6 Å². The molecule has 0 bridgehead atoms. The molecular weight excluding hydrogens is 373 g/mol. The van der Waals surface area contributed by atoms with E-state index in [-0.39, 0.29) is 23.9 Å². The fraction of sp³-hybridized carbons (Fsp3) is 0.368. The Kier molecular flexibility index (Phi) is 5.98. The molecule has 2 aromatic carbocycles. The van der Waals surface area contributed by atoms with Crippen molar-refractivity contribution in [3.8, 4) is 11.5 Å². The number of nitrogens with one attached hydrogen (secondary N) is 1. The van der Waals surface area contributed by atoms with Gasteiger partial charge in [-0.15, -0.1) is 0 Å². The highest BCUT2D eigenvalue weighted by Crippen LogP contribution is 2.29. The number of hydrogen-bond donors (Lipinski definition) is 2. The van der Waals surface area contributed by atoms with Crippen molar-refractivity contribution in [2.75, 3.05) is 18.6 Å². The Morgan fingerprint density at radius 3 is 2.63 bits per heavy atom. The molecule has 1 aliphatic heterocycles. The Labute approximate surface area is 157 Å². The minimum absolute atomic E-state index is 0.0693. The van der Waals surface area contributed by atoms with Gasteiger partial charge in [0, 0.05) is 12.6 Å². The van der Waals surface area contributed by atoms with Crippen molar-refractivity contribution in [1.82, 2.24) is 5.32 Å². The van der Waals surface area contributed by atoms with Gasteiger partial charge in [-0.3, -0.25) is 0 Å². The molecule has 146 valence electrons. The second-order valence-electron chi connectivity index (χ2n) is 6.54. The van der Waals surface area contributed by atoms with Crippen molar-refractivity contribution in [3.05, 3.63) is 59.4 Å². The lowest BCUT2D eigenvalue weighted by Gasteiger charge is -2.16. The van der Waals surface area contributed by atoms with Crippen LogP contribution >= 0.6 is 0 Å². The van der Waals surface area contributed by atoms with Crippen LogP contribution in [0.25, 0.3) is 0 Å². The highest BCUT2D eigenvalue weighted by Gasteiger charge is 2.35. The molecule has 2 N–H and O–H groups in total. The van der Waals surface area contributed by atoms with Crippen molar-refractivity contribution >= 4 is 9.84 Å². The van der Waals surface area contributed by atoms with Gasteiger partial charge < -0.3 is 19.9 Å². The predicted molar refractivity (Wildman–Crippen MR) is 99.0 cm³/mol. The Bertz CT molecular complexity index is 903. The number of hydrogen-bond acceptors (Lipinski definition) is 6. The standard InChI is InChI=1S/C19H22FNO5S/c1-25-19-8-13(9-21-16-11-27(23,24)12-17(16)22)5-6-18(19)26-10-14-3-2-4-15(20)7-14/h2-8,16-17,21-22H,9-12H2,1H3/t16-,17-/m1/s1. The fourth-order valence-electron chi connectivity index (χ4n) is 3.00. The number of aliphatic hydroxyl groups excluding tert-OH is 1. The maximum atomic E-state index is 13.2. The minimum Gasteiger partial charge on any atom is -0.493 e. The largest absolute Gasteiger partial charge is 0.493 e. The van der Waals surface area contributed by atoms with Gasteiger partial charge in [0.25, 0.3) is 0 Å². The van der Waals surface area contributed by atoms with E-state index in [1.54, 1.807) is 24.3 Å². The summed E-state index contributed by atoms with van der Waals surface area (Å²) in [4.78, 5) is 0. The number of benzene rings is 2. The van der Waals surface area contributed by atoms with Crippen molar-refractivity contribution in [2.24, 2.45) is 0 Å². The van der Waals surface area contributed by atoms with Gasteiger partial charge in [0.15, 0.2) is 21.3 Å². The molecule has 1 aliphatic rings. The summed E-state index contributed by atoms with van der Waals surface area (Å²) < 4.78 is 47.4. The minimum atomic E-state index is -3.19. The average Bonchev–Trinajstić information content (AvgIpc) is 2.90. The lowest BCUT2D eigenvalue weighted by molar-refractivity contribution is 0.165. The normalized spacial score (nSPS) is 21.1. The summed E-state index contributed by atoms with van der Waals surface area (Å²) in [6.07, 6.45) is -0.897. The molecule has 0 saturated carbocycles. The zero-order valence-electron chi connectivity index (χ0n) is 14.9. The first-order valence-electron chi connectivity index (χ1n) is 8.52. The lowest BCUT2D eigenvalue weighted by atomic mass is 10.1. The molecule has 2 atom stereocenters. The van der Waals surface area contributed by atoms with E-state index in [1.165, 1.54) is 19.2 Å². The van der Waals surface area contributed by atoms with E-state index < -0.39 is 22.0 Å². The number of halogens is 1. The highest BCUT2D eigenvalue weighted by molar-refractivity contribution is 7.91. The van der Waals surface area contributed by atoms with Crippen LogP contribution in [0, 0.1) is 5.82 Å². The quantitative estimate of drug-likeness (QED) is 0.742. The number of sulfone groups is 1. The second kappa shape index (κ2) is 8.24. The fourth-order valence-corrected chi connectivity index (χ4v) is 4.78. The summed E-state index contributed by atoms with van der Waals surface area (Å²) >= 11 is 0. The van der Waals surface area contributed by atoms with Crippen molar-refractivity contribution in [2.45, 2.75) is 25.3 Å². The van der Waals surface area contributed by atoms with Gasteiger partial charge in [0.05, 0.1) is 24.7 Å². The van der Waals surface area contributed by atoms with Crippen LogP contribution in [0.5, 0.6) is 11.5 Å². The molecule has 2 aromatic rings. The van der Waals surface area contributed by atoms with E-state index in [2.05, 4.69) is 5.32 Å². The van der Waals surface area contributed by atoms with Gasteiger partial charge in [-0.25, -0.2) is 12.8 Å². The average molecular weight is 395 g/mol. The van der Waals surface area contributed by atoms with Crippen LogP contribution in [-0.2, 0) is 23.0 Å². The third-order valence-electron chi connectivity index (χ3n) is 4.40. The van der Waals surface area contributed by atoms with E-state index in [1.807, 2.05) is 6.07 Å². The van der Waals surface area contributed by atoms with Crippen LogP contribution in [0.15, 0.2) is 42.5 Å². The molecule has 0 radical (unpaired) electrons. The van der Waals surface area contributed by atoms with Gasteiger partial charge in [-0.1, -0.05) is 18.2 Å². The SMILES string of the molecule is COc1cc(CN[C@@H]2CS(=O)(=O)C[C@H]2O)ccc1OCc1cccc(F)c1. The summed E-state index contributed by atoms with van der Waals surface area (Å²) in [5.74, 6) is 0.445. The second-order valence-corrected chi connectivity index (χ2v) is 8.69. The topological polar surface area (TPSA) is 84.9 Å². The zero-order chi connectivity index (χ0) is 19.4. The van der Waals surface area contributed by atoms with Gasteiger partial charge in [0.1, 0.15) is 12.4 Å². The highest BCUT2D eigenvalue weighted by atomic mass is 32.2. The first-order valence-corrected chi connectivity index (χ1v) is 10.3. The molecule has 1 fully saturated rings. The summed E-state index contributed by atoms with van der Waals surface area (Å²) in [6, 6.07) is 11.0. The predicted octanol–water partition coefficient (Wildman–Crippen LogP) is 1.66. The van der Waals surface area contributed by atoms with E-state index >= 15 is 0 Å². The van der Waals surface area contributed by atoms with Gasteiger partial charge >= 0.3 is 0 Å². The molecule has 3 rings (SSSR count). The molecule has 0 aromatic heterocycles. The molecule has 8 heteroatoms. The number of rotatable bonds is 7. The van der Waals surface area contributed by atoms with Crippen LogP contribution in [0.3, 0.4) is 0 Å². The van der Waals surface area contributed by atoms with Crippen molar-refractivity contribution in [1.29, 1.82) is 0 Å². The molecule has 6 nitrogen and oxygen atoms in total. The third kappa shape index (κ3) is 5.18. The first-order chi connectivity index (χ1) is 12.9. The zero-order valence-corrected chi connectivity index (χ0v) is 15.7. The maximum absolute atomic E-state index is 13.2. The molecule has 1 heterocycles. The van der Waals surface area contributed by atoms with Gasteiger partial charge in [-0.2, -0.15) is 0 Å². The van der Waals surface area contributed by atoms with Crippen LogP contribution in [0.2, 0.25) is 0 Å². The molecule has 27 heavy (non-hydrogen) atoms. The van der Waals surface area contributed by atoms with E-state index in [4.69, 9.17) is 9.47 Å². The molecule has 0 amide bonds. The van der Waals surface area contributed by atoms with Crippen molar-refractivity contribution in [3.63, 3.8) is 0 Å². The lowest BCUT2D eigenvalue weighted by Crippen LogP contribution is -2.38. The van der Waals surface area contributed by atoms with Gasteiger partial charge in [0.2, 0.25) is 0 Å².